The van der Waals surface area contributed by atoms with Crippen LogP contribution >= 0.6 is 0 Å². The summed E-state index contributed by atoms with van der Waals surface area (Å²) < 4.78 is 0. The summed E-state index contributed by atoms with van der Waals surface area (Å²) in [5.41, 5.74) is 24.5. The zero-order chi connectivity index (χ0) is 37.2. The summed E-state index contributed by atoms with van der Waals surface area (Å²) >= 11 is 0. The Morgan fingerprint density at radius 2 is 0.732 bits per heavy atom. The predicted molar refractivity (Wildman–Crippen MR) is 228 cm³/mol. The van der Waals surface area contributed by atoms with E-state index in [1.807, 2.05) is 42.5 Å². The molecule has 0 amide bonds. The first-order valence-corrected chi connectivity index (χ1v) is 19.0. The Kier molecular flexibility index (Phi) is 7.20. The summed E-state index contributed by atoms with van der Waals surface area (Å²) in [5, 5.41) is 0. The number of fused-ring (bicyclic) bond motifs is 10. The molecule has 8 aromatic carbocycles. The lowest BCUT2D eigenvalue weighted by Gasteiger charge is -2.30. The van der Waals surface area contributed by atoms with E-state index in [-0.39, 0.29) is 0 Å². The monoisotopic (exact) mass is 714 g/mol. The fraction of sp³-hybridized carbons (Fsp3) is 0.0192. The molecular weight excluding hydrogens is 681 g/mol. The third kappa shape index (κ3) is 4.83. The van der Waals surface area contributed by atoms with Gasteiger partial charge in [0.2, 0.25) is 0 Å². The normalized spacial score (nSPS) is 12.9. The van der Waals surface area contributed by atoms with Gasteiger partial charge in [-0.3, -0.25) is 0 Å². The summed E-state index contributed by atoms with van der Waals surface area (Å²) in [6.07, 6.45) is 0. The molecule has 1 spiro atoms. The van der Waals surface area contributed by atoms with Crippen LogP contribution in [0.4, 0.5) is 5.69 Å². The molecule has 0 saturated carbocycles. The molecule has 2 aliphatic rings. The molecule has 0 saturated heterocycles. The second-order valence-corrected chi connectivity index (χ2v) is 14.6. The van der Waals surface area contributed by atoms with Crippen molar-refractivity contribution in [2.75, 3.05) is 5.73 Å². The maximum absolute atomic E-state index is 6.91. The molecule has 0 radical (unpaired) electrons. The van der Waals surface area contributed by atoms with Crippen LogP contribution in [0.3, 0.4) is 0 Å². The molecule has 0 fully saturated rings. The number of rotatable bonds is 5. The summed E-state index contributed by atoms with van der Waals surface area (Å²) in [4.78, 5) is 15.1. The minimum absolute atomic E-state index is 0.442. The number of anilines is 1. The van der Waals surface area contributed by atoms with Gasteiger partial charge in [-0.15, -0.1) is 0 Å². The van der Waals surface area contributed by atoms with Gasteiger partial charge >= 0.3 is 0 Å². The van der Waals surface area contributed by atoms with Gasteiger partial charge in [0.15, 0.2) is 17.5 Å². The Morgan fingerprint density at radius 3 is 1.41 bits per heavy atom. The fourth-order valence-electron chi connectivity index (χ4n) is 9.03. The topological polar surface area (TPSA) is 64.7 Å². The first-order valence-electron chi connectivity index (χ1n) is 19.0. The minimum Gasteiger partial charge on any atom is -0.398 e. The zero-order valence-electron chi connectivity index (χ0n) is 30.4. The van der Waals surface area contributed by atoms with Gasteiger partial charge in [-0.25, -0.2) is 15.0 Å². The van der Waals surface area contributed by atoms with Crippen LogP contribution in [-0.4, -0.2) is 15.0 Å². The van der Waals surface area contributed by atoms with E-state index in [9.17, 15) is 0 Å². The minimum atomic E-state index is -0.442. The molecule has 0 unspecified atom stereocenters. The molecule has 0 atom stereocenters. The molecule has 4 nitrogen and oxygen atoms in total. The lowest BCUT2D eigenvalue weighted by molar-refractivity contribution is 0.794. The van der Waals surface area contributed by atoms with E-state index in [0.717, 1.165) is 44.6 Å². The highest BCUT2D eigenvalue weighted by atomic mass is 15.0. The summed E-state index contributed by atoms with van der Waals surface area (Å²) in [7, 11) is 0. The molecule has 1 aromatic heterocycles. The smallest absolute Gasteiger partial charge is 0.164 e. The Morgan fingerprint density at radius 1 is 0.304 bits per heavy atom. The second kappa shape index (κ2) is 12.6. The highest BCUT2D eigenvalue weighted by molar-refractivity contribution is 5.99. The maximum Gasteiger partial charge on any atom is 0.164 e. The van der Waals surface area contributed by atoms with Crippen LogP contribution in [0.1, 0.15) is 22.3 Å². The van der Waals surface area contributed by atoms with Gasteiger partial charge in [0, 0.05) is 27.9 Å². The molecule has 1 heterocycles. The van der Waals surface area contributed by atoms with Crippen LogP contribution in [0.15, 0.2) is 194 Å². The first-order chi connectivity index (χ1) is 27.7. The van der Waals surface area contributed by atoms with Crippen molar-refractivity contribution >= 4 is 5.69 Å². The first kappa shape index (κ1) is 32.0. The second-order valence-electron chi connectivity index (χ2n) is 14.6. The van der Waals surface area contributed by atoms with Gasteiger partial charge in [-0.1, -0.05) is 176 Å². The van der Waals surface area contributed by atoms with Gasteiger partial charge in [0.05, 0.1) is 5.41 Å². The van der Waals surface area contributed by atoms with E-state index in [4.69, 9.17) is 20.7 Å². The number of hydrogen-bond donors (Lipinski definition) is 1. The molecular formula is C52H34N4. The number of nitrogen functional groups attached to an aromatic ring is 1. The fourth-order valence-corrected chi connectivity index (χ4v) is 9.03. The average molecular weight is 715 g/mol. The zero-order valence-corrected chi connectivity index (χ0v) is 30.4. The Labute approximate surface area is 325 Å². The van der Waals surface area contributed by atoms with Crippen molar-refractivity contribution in [2.45, 2.75) is 5.41 Å². The van der Waals surface area contributed by atoms with Crippen LogP contribution in [0, 0.1) is 0 Å². The molecule has 2 N–H and O–H groups in total. The van der Waals surface area contributed by atoms with Gasteiger partial charge in [-0.05, 0) is 79.4 Å². The summed E-state index contributed by atoms with van der Waals surface area (Å²) in [5.74, 6) is 1.89. The number of aromatic nitrogens is 3. The van der Waals surface area contributed by atoms with Gasteiger partial charge in [0.1, 0.15) is 0 Å². The number of benzene rings is 8. The van der Waals surface area contributed by atoms with Crippen molar-refractivity contribution in [1.82, 2.24) is 15.0 Å². The van der Waals surface area contributed by atoms with E-state index < -0.39 is 5.41 Å². The molecule has 4 heteroatoms. The van der Waals surface area contributed by atoms with Crippen molar-refractivity contribution < 1.29 is 0 Å². The van der Waals surface area contributed by atoms with Crippen molar-refractivity contribution in [3.8, 4) is 78.7 Å². The Bertz CT molecular complexity index is 2920. The van der Waals surface area contributed by atoms with Crippen LogP contribution in [0.25, 0.3) is 78.7 Å². The van der Waals surface area contributed by atoms with E-state index >= 15 is 0 Å². The largest absolute Gasteiger partial charge is 0.398 e. The highest BCUT2D eigenvalue weighted by Crippen LogP contribution is 2.63. The molecule has 2 aliphatic carbocycles. The van der Waals surface area contributed by atoms with Crippen molar-refractivity contribution in [3.05, 3.63) is 216 Å². The standard InChI is InChI=1S/C52H34N4/c53-47-24-12-23-46-48(47)42-32-38(29-30-45(42)52(46)43-21-9-7-19-40(43)41-20-8-10-22-44(41)52)37-17-11-18-39(31-37)51-55-49(35-15-5-2-6-16-35)54-50(56-51)36-27-25-34(26-28-36)33-13-3-1-4-14-33/h1-32H,53H2. The van der Waals surface area contributed by atoms with Crippen molar-refractivity contribution in [3.63, 3.8) is 0 Å². The van der Waals surface area contributed by atoms with Crippen LogP contribution in [0.5, 0.6) is 0 Å². The van der Waals surface area contributed by atoms with Crippen molar-refractivity contribution in [1.29, 1.82) is 0 Å². The SMILES string of the molecule is Nc1cccc2c1-c1cc(-c3cccc(-c4nc(-c5ccccc5)nc(-c5ccc(-c6ccccc6)cc5)n4)c3)ccc1C21c2ccccc2-c2ccccc21. The Hall–Kier alpha value is -7.43. The maximum atomic E-state index is 6.91. The van der Waals surface area contributed by atoms with Gasteiger partial charge in [-0.2, -0.15) is 0 Å². The van der Waals surface area contributed by atoms with Gasteiger partial charge in [0.25, 0.3) is 0 Å². The molecule has 262 valence electrons. The lowest BCUT2D eigenvalue weighted by atomic mass is 9.70. The third-order valence-corrected chi connectivity index (χ3v) is 11.5. The average Bonchev–Trinajstić information content (AvgIpc) is 3.75. The quantitative estimate of drug-likeness (QED) is 0.180. The number of hydrogen-bond acceptors (Lipinski definition) is 4. The Balaban J connectivity index is 1.04. The van der Waals surface area contributed by atoms with Crippen LogP contribution < -0.4 is 5.73 Å². The van der Waals surface area contributed by atoms with Gasteiger partial charge < -0.3 is 5.73 Å². The van der Waals surface area contributed by atoms with E-state index in [0.29, 0.717) is 17.5 Å². The molecule has 0 bridgehead atoms. The molecule has 9 aromatic rings. The van der Waals surface area contributed by atoms with E-state index in [2.05, 4.69) is 152 Å². The van der Waals surface area contributed by atoms with E-state index in [1.165, 1.54) is 44.5 Å². The van der Waals surface area contributed by atoms with Crippen LogP contribution in [0.2, 0.25) is 0 Å². The number of nitrogens with two attached hydrogens (primary N) is 1. The lowest BCUT2D eigenvalue weighted by Crippen LogP contribution is -2.25. The predicted octanol–water partition coefficient (Wildman–Crippen LogP) is 12.1. The molecule has 0 aliphatic heterocycles. The van der Waals surface area contributed by atoms with Crippen molar-refractivity contribution in [2.24, 2.45) is 0 Å². The molecule has 56 heavy (non-hydrogen) atoms. The highest BCUT2D eigenvalue weighted by Gasteiger charge is 2.52. The summed E-state index contributed by atoms with van der Waals surface area (Å²) in [6.45, 7) is 0. The van der Waals surface area contributed by atoms with Crippen LogP contribution in [-0.2, 0) is 5.41 Å². The molecule has 11 rings (SSSR count). The van der Waals surface area contributed by atoms with E-state index in [1.54, 1.807) is 0 Å². The summed E-state index contributed by atoms with van der Waals surface area (Å²) in [6, 6.07) is 68.4. The third-order valence-electron chi connectivity index (χ3n) is 11.5. The number of nitrogens with zero attached hydrogens (tertiary/aromatic N) is 3.